The van der Waals surface area contributed by atoms with Crippen LogP contribution in [0.4, 0.5) is 5.69 Å². The highest BCUT2D eigenvalue weighted by atomic mass is 16.6. The van der Waals surface area contributed by atoms with Gasteiger partial charge in [0.2, 0.25) is 11.5 Å². The molecule has 1 rings (SSSR count). The highest BCUT2D eigenvalue weighted by molar-refractivity contribution is 5.67. The molecule has 0 bridgehead atoms. The molecule has 0 aliphatic carbocycles. The second-order valence-corrected chi connectivity index (χ2v) is 3.41. The van der Waals surface area contributed by atoms with Crippen LogP contribution in [0.5, 0.6) is 17.2 Å². The number of nitro benzene ring substituents is 1. The largest absolute Gasteiger partial charge is 0.493 e. The van der Waals surface area contributed by atoms with E-state index in [2.05, 4.69) is 0 Å². The van der Waals surface area contributed by atoms with E-state index in [4.69, 9.17) is 20.6 Å². The molecule has 1 aromatic carbocycles. The maximum absolute atomic E-state index is 11.1. The van der Waals surface area contributed by atoms with E-state index < -0.39 is 16.7 Å². The van der Waals surface area contributed by atoms with Crippen LogP contribution in [0.25, 0.3) is 0 Å². The number of hydrogen-bond acceptors (Lipinski definition) is 6. The minimum absolute atomic E-state index is 0.0599. The number of nitrogens with zero attached hydrogens (tertiary/aromatic N) is 1. The molecule has 19 heavy (non-hydrogen) atoms. The van der Waals surface area contributed by atoms with Crippen molar-refractivity contribution in [3.8, 4) is 29.6 Å². The Bertz CT molecular complexity index is 534. The first kappa shape index (κ1) is 14.6. The van der Waals surface area contributed by atoms with Crippen molar-refractivity contribution >= 4 is 5.69 Å². The predicted molar refractivity (Wildman–Crippen MR) is 66.5 cm³/mol. The molecule has 1 atom stereocenters. The van der Waals surface area contributed by atoms with E-state index in [9.17, 15) is 15.2 Å². The summed E-state index contributed by atoms with van der Waals surface area (Å²) in [6.07, 6.45) is 3.64. The number of aliphatic hydroxyl groups excluding tert-OH is 1. The third-order valence-electron chi connectivity index (χ3n) is 2.47. The first-order valence-electron chi connectivity index (χ1n) is 5.13. The molecule has 0 aliphatic rings. The molecule has 0 spiro atoms. The van der Waals surface area contributed by atoms with Gasteiger partial charge in [-0.3, -0.25) is 10.1 Å². The van der Waals surface area contributed by atoms with E-state index in [1.54, 1.807) is 0 Å². The van der Waals surface area contributed by atoms with Gasteiger partial charge >= 0.3 is 5.69 Å². The molecule has 1 aromatic rings. The Morgan fingerprint density at radius 1 is 1.32 bits per heavy atom. The summed E-state index contributed by atoms with van der Waals surface area (Å²) < 4.78 is 15.1. The standard InChI is InChI=1S/C12H13NO6/c1-5-8(14)7-6-9(17-2)11(18-3)12(19-4)10(7)13(15)16/h1,6,8,14H,2-4H3. The molecule has 1 N–H and O–H groups in total. The number of benzene rings is 1. The normalized spacial score (nSPS) is 11.3. The fourth-order valence-electron chi connectivity index (χ4n) is 1.65. The zero-order valence-electron chi connectivity index (χ0n) is 10.7. The van der Waals surface area contributed by atoms with Gasteiger partial charge in [-0.25, -0.2) is 0 Å². The number of methoxy groups -OCH3 is 3. The minimum atomic E-state index is -1.45. The Kier molecular flexibility index (Phi) is 4.56. The predicted octanol–water partition coefficient (Wildman–Crippen LogP) is 1.29. The number of hydrogen-bond donors (Lipinski definition) is 1. The van der Waals surface area contributed by atoms with E-state index in [0.717, 1.165) is 0 Å². The maximum Gasteiger partial charge on any atom is 0.321 e. The van der Waals surface area contributed by atoms with Crippen LogP contribution in [0.1, 0.15) is 11.7 Å². The number of nitro groups is 1. The summed E-state index contributed by atoms with van der Waals surface area (Å²) in [5.74, 6) is 2.09. The van der Waals surface area contributed by atoms with Crippen molar-refractivity contribution in [1.29, 1.82) is 0 Å². The third-order valence-corrected chi connectivity index (χ3v) is 2.47. The van der Waals surface area contributed by atoms with Gasteiger partial charge < -0.3 is 19.3 Å². The number of rotatable bonds is 5. The summed E-state index contributed by atoms with van der Waals surface area (Å²) in [6.45, 7) is 0. The van der Waals surface area contributed by atoms with Gasteiger partial charge in [0.25, 0.3) is 0 Å². The zero-order chi connectivity index (χ0) is 14.6. The maximum atomic E-state index is 11.1. The van der Waals surface area contributed by atoms with E-state index in [-0.39, 0.29) is 22.8 Å². The summed E-state index contributed by atoms with van der Waals surface area (Å²) in [7, 11) is 3.92. The van der Waals surface area contributed by atoms with Crippen molar-refractivity contribution < 1.29 is 24.2 Å². The molecule has 0 saturated carbocycles. The van der Waals surface area contributed by atoms with E-state index in [1.807, 2.05) is 5.92 Å². The van der Waals surface area contributed by atoms with Crippen molar-refractivity contribution in [2.24, 2.45) is 0 Å². The smallest absolute Gasteiger partial charge is 0.321 e. The van der Waals surface area contributed by atoms with Gasteiger partial charge in [-0.05, 0) is 6.07 Å². The first-order chi connectivity index (χ1) is 9.01. The summed E-state index contributed by atoms with van der Waals surface area (Å²) in [5.41, 5.74) is -0.549. The lowest BCUT2D eigenvalue weighted by molar-refractivity contribution is -0.387. The van der Waals surface area contributed by atoms with Crippen molar-refractivity contribution in [2.45, 2.75) is 6.10 Å². The van der Waals surface area contributed by atoms with Crippen LogP contribution in [0, 0.1) is 22.5 Å². The first-order valence-corrected chi connectivity index (χ1v) is 5.13. The van der Waals surface area contributed by atoms with E-state index in [0.29, 0.717) is 0 Å². The van der Waals surface area contributed by atoms with Crippen LogP contribution in [-0.2, 0) is 0 Å². The molecule has 0 heterocycles. The lowest BCUT2D eigenvalue weighted by Crippen LogP contribution is -2.06. The van der Waals surface area contributed by atoms with Crippen LogP contribution in [0.3, 0.4) is 0 Å². The lowest BCUT2D eigenvalue weighted by Gasteiger charge is -2.15. The highest BCUT2D eigenvalue weighted by Crippen LogP contribution is 2.47. The van der Waals surface area contributed by atoms with Crippen molar-refractivity contribution in [3.63, 3.8) is 0 Å². The van der Waals surface area contributed by atoms with Crippen molar-refractivity contribution in [1.82, 2.24) is 0 Å². The topological polar surface area (TPSA) is 91.1 Å². The molecule has 0 aliphatic heterocycles. The molecule has 0 amide bonds. The van der Waals surface area contributed by atoms with Crippen molar-refractivity contribution in [2.75, 3.05) is 21.3 Å². The van der Waals surface area contributed by atoms with Gasteiger partial charge in [0.05, 0.1) is 31.8 Å². The number of aliphatic hydroxyl groups is 1. The summed E-state index contributed by atoms with van der Waals surface area (Å²) in [4.78, 5) is 10.4. The third kappa shape index (κ3) is 2.53. The molecule has 102 valence electrons. The van der Waals surface area contributed by atoms with Crippen LogP contribution in [0.2, 0.25) is 0 Å². The molecule has 0 saturated heterocycles. The molecule has 0 radical (unpaired) electrons. The average molecular weight is 267 g/mol. The average Bonchev–Trinajstić information content (AvgIpc) is 2.43. The molecule has 0 aromatic heterocycles. The number of ether oxygens (including phenoxy) is 3. The fraction of sp³-hybridized carbons (Fsp3) is 0.333. The molecule has 7 nitrogen and oxygen atoms in total. The monoisotopic (exact) mass is 267 g/mol. The SMILES string of the molecule is C#CC(O)c1cc(OC)c(OC)c(OC)c1[N+](=O)[O-]. The van der Waals surface area contributed by atoms with Gasteiger partial charge in [0.15, 0.2) is 5.75 Å². The van der Waals surface area contributed by atoms with Crippen LogP contribution < -0.4 is 14.2 Å². The van der Waals surface area contributed by atoms with Gasteiger partial charge in [-0.15, -0.1) is 6.42 Å². The molecule has 7 heteroatoms. The van der Waals surface area contributed by atoms with Gasteiger partial charge in [-0.2, -0.15) is 0 Å². The Morgan fingerprint density at radius 2 is 1.89 bits per heavy atom. The summed E-state index contributed by atoms with van der Waals surface area (Å²) in [5, 5.41) is 20.8. The quantitative estimate of drug-likeness (QED) is 0.491. The van der Waals surface area contributed by atoms with Crippen LogP contribution >= 0.6 is 0 Å². The second kappa shape index (κ2) is 5.93. The van der Waals surface area contributed by atoms with Gasteiger partial charge in [-0.1, -0.05) is 5.92 Å². The molecular weight excluding hydrogens is 254 g/mol. The second-order valence-electron chi connectivity index (χ2n) is 3.41. The Balaban J connectivity index is 3.74. The molecule has 1 unspecified atom stereocenters. The van der Waals surface area contributed by atoms with Gasteiger partial charge in [0, 0.05) is 0 Å². The van der Waals surface area contributed by atoms with Crippen LogP contribution in [-0.4, -0.2) is 31.4 Å². The number of terminal acetylenes is 1. The zero-order valence-corrected chi connectivity index (χ0v) is 10.7. The minimum Gasteiger partial charge on any atom is -0.493 e. The van der Waals surface area contributed by atoms with Crippen LogP contribution in [0.15, 0.2) is 6.07 Å². The molecular formula is C12H13NO6. The fourth-order valence-corrected chi connectivity index (χ4v) is 1.65. The summed E-state index contributed by atoms with van der Waals surface area (Å²) >= 11 is 0. The van der Waals surface area contributed by atoms with Gasteiger partial charge in [0.1, 0.15) is 6.10 Å². The Labute approximate surface area is 109 Å². The molecule has 0 fully saturated rings. The van der Waals surface area contributed by atoms with E-state index in [1.165, 1.54) is 27.4 Å². The Hall–Kier alpha value is -2.46. The Morgan fingerprint density at radius 3 is 2.26 bits per heavy atom. The lowest BCUT2D eigenvalue weighted by atomic mass is 10.1. The van der Waals surface area contributed by atoms with E-state index >= 15 is 0 Å². The highest BCUT2D eigenvalue weighted by Gasteiger charge is 2.31. The summed E-state index contributed by atoms with van der Waals surface area (Å²) in [6, 6.07) is 1.25. The van der Waals surface area contributed by atoms with Crippen molar-refractivity contribution in [3.05, 3.63) is 21.7 Å².